The Balaban J connectivity index is 3.77. The number of rotatable bonds is 6. The van der Waals surface area contributed by atoms with Crippen LogP contribution in [0.1, 0.15) is 13.3 Å². The molecule has 0 aliphatic heterocycles. The number of carbonyl (C=O) groups is 2. The third kappa shape index (κ3) is 7.64. The molecule has 0 saturated carbocycles. The lowest BCUT2D eigenvalue weighted by molar-refractivity contribution is -0.139. The van der Waals surface area contributed by atoms with E-state index < -0.39 is 18.1 Å². The Morgan fingerprint density at radius 2 is 2.12 bits per heavy atom. The van der Waals surface area contributed by atoms with E-state index in [-0.39, 0.29) is 19.5 Å². The summed E-state index contributed by atoms with van der Waals surface area (Å²) in [6, 6.07) is -0.393. The molecule has 0 fully saturated rings. The molecule has 0 spiro atoms. The zero-order chi connectivity index (χ0) is 12.4. The minimum absolute atomic E-state index is 0.147. The van der Waals surface area contributed by atoms with Crippen LogP contribution in [-0.4, -0.2) is 43.4 Å². The average molecular weight is 228 g/mol. The molecule has 0 aromatic heterocycles. The van der Waals surface area contributed by atoms with Gasteiger partial charge in [0.2, 0.25) is 0 Å². The van der Waals surface area contributed by atoms with Gasteiger partial charge >= 0.3 is 12.0 Å². The second kappa shape index (κ2) is 8.56. The molecule has 16 heavy (non-hydrogen) atoms. The van der Waals surface area contributed by atoms with Gasteiger partial charge in [0.25, 0.3) is 0 Å². The van der Waals surface area contributed by atoms with Gasteiger partial charge in [-0.05, 0) is 6.92 Å². The zero-order valence-corrected chi connectivity index (χ0v) is 9.37. The van der Waals surface area contributed by atoms with Crippen LogP contribution in [0.4, 0.5) is 4.79 Å². The van der Waals surface area contributed by atoms with Gasteiger partial charge in [-0.15, -0.1) is 5.92 Å². The summed E-state index contributed by atoms with van der Waals surface area (Å²) < 4.78 is 4.89. The lowest BCUT2D eigenvalue weighted by Crippen LogP contribution is -2.40. The molecule has 0 aromatic carbocycles. The van der Waals surface area contributed by atoms with Gasteiger partial charge in [-0.3, -0.25) is 4.79 Å². The lowest BCUT2D eigenvalue weighted by Gasteiger charge is -2.13. The largest absolute Gasteiger partial charge is 0.481 e. The van der Waals surface area contributed by atoms with Crippen LogP contribution in [0.15, 0.2) is 0 Å². The number of carboxylic acid groups (broad SMARTS) is 1. The molecule has 2 amide bonds. The Bertz CT molecular complexity index is 293. The monoisotopic (exact) mass is 228 g/mol. The Morgan fingerprint density at radius 1 is 1.44 bits per heavy atom. The van der Waals surface area contributed by atoms with E-state index in [9.17, 15) is 9.59 Å². The van der Waals surface area contributed by atoms with Crippen LogP contribution in [0.5, 0.6) is 0 Å². The van der Waals surface area contributed by atoms with E-state index in [2.05, 4.69) is 22.5 Å². The minimum Gasteiger partial charge on any atom is -0.481 e. The van der Waals surface area contributed by atoms with Crippen molar-refractivity contribution in [3.63, 3.8) is 0 Å². The predicted octanol–water partition coefficient (Wildman–Crippen LogP) is -0.201. The molecule has 0 saturated heterocycles. The molecule has 6 heteroatoms. The highest BCUT2D eigenvalue weighted by Crippen LogP contribution is 1.94. The maximum absolute atomic E-state index is 11.1. The van der Waals surface area contributed by atoms with Crippen LogP contribution in [0.25, 0.3) is 0 Å². The SMILES string of the molecule is CC#CCNC(=O)NCC(CC(=O)O)OC. The standard InChI is InChI=1S/C10H16N2O4/c1-3-4-5-11-10(15)12-7-8(16-2)6-9(13)14/h8H,5-7H2,1-2H3,(H,13,14)(H2,11,12,15). The van der Waals surface area contributed by atoms with E-state index in [0.717, 1.165) is 0 Å². The second-order valence-corrected chi connectivity index (χ2v) is 2.95. The number of amides is 2. The van der Waals surface area contributed by atoms with Crippen molar-refractivity contribution in [1.29, 1.82) is 0 Å². The smallest absolute Gasteiger partial charge is 0.315 e. The molecular weight excluding hydrogens is 212 g/mol. The number of hydrogen-bond donors (Lipinski definition) is 3. The predicted molar refractivity (Wildman–Crippen MR) is 57.9 cm³/mol. The fraction of sp³-hybridized carbons (Fsp3) is 0.600. The van der Waals surface area contributed by atoms with E-state index in [4.69, 9.17) is 9.84 Å². The number of ether oxygens (including phenoxy) is 1. The Labute approximate surface area is 94.4 Å². The number of nitrogens with one attached hydrogen (secondary N) is 2. The van der Waals surface area contributed by atoms with Crippen molar-refractivity contribution in [3.05, 3.63) is 0 Å². The molecule has 0 aromatic rings. The Kier molecular flexibility index (Phi) is 7.63. The number of carbonyl (C=O) groups excluding carboxylic acids is 1. The molecule has 1 unspecified atom stereocenters. The summed E-state index contributed by atoms with van der Waals surface area (Å²) in [6.07, 6.45) is -0.675. The summed E-state index contributed by atoms with van der Waals surface area (Å²) >= 11 is 0. The normalized spacial score (nSPS) is 10.9. The zero-order valence-electron chi connectivity index (χ0n) is 9.37. The topological polar surface area (TPSA) is 87.7 Å². The Morgan fingerprint density at radius 3 is 2.62 bits per heavy atom. The van der Waals surface area contributed by atoms with E-state index in [1.165, 1.54) is 7.11 Å². The molecule has 90 valence electrons. The number of urea groups is 1. The first-order valence-corrected chi connectivity index (χ1v) is 4.76. The maximum atomic E-state index is 11.1. The van der Waals surface area contributed by atoms with Gasteiger partial charge in [-0.25, -0.2) is 4.79 Å². The van der Waals surface area contributed by atoms with Gasteiger partial charge < -0.3 is 20.5 Å². The first-order valence-electron chi connectivity index (χ1n) is 4.76. The summed E-state index contributed by atoms with van der Waals surface area (Å²) in [6.45, 7) is 2.08. The number of hydrogen-bond acceptors (Lipinski definition) is 3. The fourth-order valence-electron chi connectivity index (χ4n) is 0.915. The van der Waals surface area contributed by atoms with Gasteiger partial charge in [-0.1, -0.05) is 5.92 Å². The summed E-state index contributed by atoms with van der Waals surface area (Å²) in [5.41, 5.74) is 0. The molecule has 0 heterocycles. The van der Waals surface area contributed by atoms with Crippen molar-refractivity contribution in [3.8, 4) is 11.8 Å². The fourth-order valence-corrected chi connectivity index (χ4v) is 0.915. The van der Waals surface area contributed by atoms with E-state index in [1.54, 1.807) is 6.92 Å². The van der Waals surface area contributed by atoms with Gasteiger partial charge in [0.05, 0.1) is 19.1 Å². The number of carboxylic acids is 1. The van der Waals surface area contributed by atoms with Crippen molar-refractivity contribution in [1.82, 2.24) is 10.6 Å². The van der Waals surface area contributed by atoms with E-state index >= 15 is 0 Å². The third-order valence-corrected chi connectivity index (χ3v) is 1.74. The quantitative estimate of drug-likeness (QED) is 0.549. The molecule has 0 aliphatic carbocycles. The molecule has 0 bridgehead atoms. The highest BCUT2D eigenvalue weighted by Gasteiger charge is 2.12. The van der Waals surface area contributed by atoms with Crippen molar-refractivity contribution < 1.29 is 19.4 Å². The minimum atomic E-state index is -0.967. The van der Waals surface area contributed by atoms with Crippen molar-refractivity contribution in [2.45, 2.75) is 19.4 Å². The maximum Gasteiger partial charge on any atom is 0.315 e. The van der Waals surface area contributed by atoms with Gasteiger partial charge in [-0.2, -0.15) is 0 Å². The van der Waals surface area contributed by atoms with Gasteiger partial charge in [0.1, 0.15) is 0 Å². The molecule has 3 N–H and O–H groups in total. The van der Waals surface area contributed by atoms with E-state index in [0.29, 0.717) is 0 Å². The van der Waals surface area contributed by atoms with Crippen LogP contribution in [0.3, 0.4) is 0 Å². The van der Waals surface area contributed by atoms with Crippen LogP contribution in [0.2, 0.25) is 0 Å². The molecule has 0 aliphatic rings. The summed E-state index contributed by atoms with van der Waals surface area (Å²) in [5, 5.41) is 13.5. The van der Waals surface area contributed by atoms with Gasteiger partial charge in [0, 0.05) is 13.7 Å². The van der Waals surface area contributed by atoms with Crippen LogP contribution in [-0.2, 0) is 9.53 Å². The van der Waals surface area contributed by atoms with Crippen LogP contribution >= 0.6 is 0 Å². The molecule has 0 radical (unpaired) electrons. The van der Waals surface area contributed by atoms with Crippen molar-refractivity contribution in [2.75, 3.05) is 20.2 Å². The van der Waals surface area contributed by atoms with Gasteiger partial charge in [0.15, 0.2) is 0 Å². The highest BCUT2D eigenvalue weighted by molar-refractivity contribution is 5.74. The van der Waals surface area contributed by atoms with Crippen LogP contribution < -0.4 is 10.6 Å². The van der Waals surface area contributed by atoms with Crippen molar-refractivity contribution in [2.24, 2.45) is 0 Å². The first kappa shape index (κ1) is 14.3. The first-order chi connectivity index (χ1) is 7.60. The highest BCUT2D eigenvalue weighted by atomic mass is 16.5. The molecule has 6 nitrogen and oxygen atoms in total. The number of methoxy groups -OCH3 is 1. The van der Waals surface area contributed by atoms with Crippen LogP contribution in [0, 0.1) is 11.8 Å². The van der Waals surface area contributed by atoms with Crippen molar-refractivity contribution >= 4 is 12.0 Å². The molecule has 0 rings (SSSR count). The number of aliphatic carboxylic acids is 1. The summed E-state index contributed by atoms with van der Waals surface area (Å²) in [7, 11) is 1.40. The third-order valence-electron chi connectivity index (χ3n) is 1.74. The molecular formula is C10H16N2O4. The second-order valence-electron chi connectivity index (χ2n) is 2.95. The summed E-state index contributed by atoms with van der Waals surface area (Å²) in [4.78, 5) is 21.5. The average Bonchev–Trinajstić information content (AvgIpc) is 2.24. The lowest BCUT2D eigenvalue weighted by atomic mass is 10.2. The van der Waals surface area contributed by atoms with E-state index in [1.807, 2.05) is 0 Å². The summed E-state index contributed by atoms with van der Waals surface area (Å²) in [5.74, 6) is 4.33. The molecule has 1 atom stereocenters. The Hall–Kier alpha value is -1.74.